The molecule has 1 saturated carbocycles. The van der Waals surface area contributed by atoms with E-state index in [-0.39, 0.29) is 40.5 Å². The van der Waals surface area contributed by atoms with Crippen LogP contribution in [0.1, 0.15) is 129 Å². The minimum Gasteiger partial charge on any atom is -0.496 e. The Morgan fingerprint density at radius 1 is 0.906 bits per heavy atom. The van der Waals surface area contributed by atoms with Crippen LogP contribution in [-0.4, -0.2) is 85.0 Å². The van der Waals surface area contributed by atoms with Crippen molar-refractivity contribution in [1.29, 1.82) is 5.41 Å². The highest BCUT2D eigenvalue weighted by Crippen LogP contribution is 2.35. The number of esters is 2. The number of amidine groups is 1. The molecule has 5 N–H and O–H groups in total. The monoisotopic (exact) mass is 884 g/mol. The number of carbonyl (C=O) groups is 6. The number of hydrogen-bond acceptors (Lipinski definition) is 13. The van der Waals surface area contributed by atoms with Gasteiger partial charge in [-0.1, -0.05) is 52.7 Å². The van der Waals surface area contributed by atoms with Crippen LogP contribution in [-0.2, 0) is 23.7 Å². The molecule has 2 atom stereocenters. The molecule has 1 fully saturated rings. The van der Waals surface area contributed by atoms with Gasteiger partial charge in [0.25, 0.3) is 11.8 Å². The number of nitrogens with zero attached hydrogens (tertiary/aromatic N) is 1. The zero-order valence-corrected chi connectivity index (χ0v) is 37.8. The Kier molecular flexibility index (Phi) is 18.0. The van der Waals surface area contributed by atoms with E-state index >= 15 is 0 Å². The van der Waals surface area contributed by atoms with E-state index in [1.807, 2.05) is 0 Å². The molecule has 3 aromatic rings. The van der Waals surface area contributed by atoms with Gasteiger partial charge in [-0.25, -0.2) is 24.2 Å². The number of rotatable bonds is 20. The fourth-order valence-corrected chi connectivity index (χ4v) is 6.17. The van der Waals surface area contributed by atoms with Crippen molar-refractivity contribution in [2.45, 2.75) is 105 Å². The van der Waals surface area contributed by atoms with E-state index in [2.05, 4.69) is 39.8 Å². The Morgan fingerprint density at radius 2 is 1.61 bits per heavy atom. The summed E-state index contributed by atoms with van der Waals surface area (Å²) >= 11 is 0. The summed E-state index contributed by atoms with van der Waals surface area (Å²) in [5, 5.41) is 18.9. The van der Waals surface area contributed by atoms with Crippen molar-refractivity contribution >= 4 is 53.5 Å². The van der Waals surface area contributed by atoms with Gasteiger partial charge >= 0.3 is 24.1 Å². The highest BCUT2D eigenvalue weighted by atomic mass is 16.7. The molecule has 4 rings (SSSR count). The molecule has 0 aliphatic heterocycles. The summed E-state index contributed by atoms with van der Waals surface area (Å²) < 4.78 is 27.1. The predicted octanol–water partition coefficient (Wildman–Crippen LogP) is 8.02. The summed E-state index contributed by atoms with van der Waals surface area (Å²) in [5.41, 5.74) is 0.0849. The SMILES string of the molecule is C=Cc1cc(C(=O)Nc2ccc(C(=N)NC(=O)OCCCCCC)cc2)c(-c2ccc(C(=O)NCC3CC3)nc2C(=O)OC(C)OC(=O)C(NC(=O)OC(C)(C)C)C(C)C)cc1OC. The Labute approximate surface area is 373 Å². The standard InChI is InChI=1S/C47H60N6O11/c1-10-12-13-14-23-61-45(58)53-40(48)31-17-19-32(20-18-31)50-41(54)35-24-30(11-2)37(60-9)25-34(35)33-21-22-36(42(55)49-26-29-15-16-29)51-39(33)44(57)63-28(5)62-43(56)38(27(3)4)52-46(59)64-47(6,7)8/h11,17-22,24-25,27-29,38H,2,10,12-16,23,26H2,1,3-9H3,(H,49,55)(H,50,54)(H,52,59)(H2,48,53,58). The molecule has 1 aliphatic carbocycles. The summed E-state index contributed by atoms with van der Waals surface area (Å²) in [4.78, 5) is 84.0. The second-order valence-electron chi connectivity index (χ2n) is 16.6. The molecule has 0 bridgehead atoms. The number of alkyl carbamates (subject to hydrolysis) is 2. The normalized spacial score (nSPS) is 13.1. The van der Waals surface area contributed by atoms with E-state index in [9.17, 15) is 28.8 Å². The van der Waals surface area contributed by atoms with Gasteiger partial charge in [-0.2, -0.15) is 0 Å². The lowest BCUT2D eigenvalue weighted by molar-refractivity contribution is -0.169. The Morgan fingerprint density at radius 3 is 2.22 bits per heavy atom. The molecular formula is C47H60N6O11. The van der Waals surface area contributed by atoms with Crippen LogP contribution in [0.3, 0.4) is 0 Å². The van der Waals surface area contributed by atoms with Gasteiger partial charge in [-0.3, -0.25) is 20.3 Å². The van der Waals surface area contributed by atoms with Gasteiger partial charge in [0.15, 0.2) is 5.69 Å². The van der Waals surface area contributed by atoms with Crippen LogP contribution in [0.2, 0.25) is 0 Å². The highest BCUT2D eigenvalue weighted by molar-refractivity contribution is 6.11. The van der Waals surface area contributed by atoms with Crippen LogP contribution in [0.4, 0.5) is 15.3 Å². The van der Waals surface area contributed by atoms with E-state index in [1.54, 1.807) is 58.9 Å². The van der Waals surface area contributed by atoms with Crippen LogP contribution in [0.15, 0.2) is 55.1 Å². The van der Waals surface area contributed by atoms with Gasteiger partial charge in [0, 0.05) is 47.0 Å². The molecular weight excluding hydrogens is 825 g/mol. The minimum absolute atomic E-state index is 0.0464. The number of carbonyl (C=O) groups excluding carboxylic acids is 6. The number of nitrogens with one attached hydrogen (secondary N) is 5. The van der Waals surface area contributed by atoms with Gasteiger partial charge in [0.05, 0.1) is 13.7 Å². The molecule has 17 heteroatoms. The second kappa shape index (κ2) is 23.1. The molecule has 64 heavy (non-hydrogen) atoms. The average molecular weight is 885 g/mol. The van der Waals surface area contributed by atoms with Crippen LogP contribution >= 0.6 is 0 Å². The zero-order valence-electron chi connectivity index (χ0n) is 37.8. The van der Waals surface area contributed by atoms with Gasteiger partial charge in [0.2, 0.25) is 6.29 Å². The van der Waals surface area contributed by atoms with E-state index in [0.717, 1.165) is 38.5 Å². The highest BCUT2D eigenvalue weighted by Gasteiger charge is 2.32. The lowest BCUT2D eigenvalue weighted by Gasteiger charge is -2.25. The van der Waals surface area contributed by atoms with E-state index < -0.39 is 59.8 Å². The Hall–Kier alpha value is -6.78. The number of pyridine rings is 1. The van der Waals surface area contributed by atoms with Crippen molar-refractivity contribution in [1.82, 2.24) is 20.9 Å². The third-order valence-corrected chi connectivity index (χ3v) is 9.73. The van der Waals surface area contributed by atoms with Crippen LogP contribution in [0.5, 0.6) is 5.75 Å². The lowest BCUT2D eigenvalue weighted by atomic mass is 9.94. The number of hydrogen-bond donors (Lipinski definition) is 5. The van der Waals surface area contributed by atoms with Gasteiger partial charge in [0.1, 0.15) is 28.9 Å². The molecule has 0 spiro atoms. The molecule has 0 saturated heterocycles. The first-order chi connectivity index (χ1) is 30.3. The zero-order chi connectivity index (χ0) is 47.1. The van der Waals surface area contributed by atoms with Crippen molar-refractivity contribution in [3.8, 4) is 16.9 Å². The fraction of sp³-hybridized carbons (Fsp3) is 0.447. The number of benzene rings is 2. The molecule has 4 amide bonds. The van der Waals surface area contributed by atoms with E-state index in [1.165, 1.54) is 44.4 Å². The second-order valence-corrected chi connectivity index (χ2v) is 16.6. The summed E-state index contributed by atoms with van der Waals surface area (Å²) in [6.45, 7) is 16.3. The maximum atomic E-state index is 14.2. The number of unbranched alkanes of at least 4 members (excludes halogenated alkanes) is 3. The summed E-state index contributed by atoms with van der Waals surface area (Å²) in [7, 11) is 1.42. The van der Waals surface area contributed by atoms with Gasteiger partial charge in [-0.05, 0) is 100 Å². The molecule has 0 radical (unpaired) electrons. The van der Waals surface area contributed by atoms with Crippen LogP contribution in [0, 0.1) is 17.2 Å². The summed E-state index contributed by atoms with van der Waals surface area (Å²) in [5.74, 6) is -3.15. The number of amides is 4. The van der Waals surface area contributed by atoms with Gasteiger partial charge in [-0.15, -0.1) is 0 Å². The third-order valence-electron chi connectivity index (χ3n) is 9.73. The Bertz CT molecular complexity index is 2200. The topological polar surface area (TPSA) is 233 Å². The summed E-state index contributed by atoms with van der Waals surface area (Å²) in [6, 6.07) is 10.9. The third kappa shape index (κ3) is 14.9. The molecule has 344 valence electrons. The lowest BCUT2D eigenvalue weighted by Crippen LogP contribution is -2.48. The quantitative estimate of drug-likeness (QED) is 0.0181. The van der Waals surface area contributed by atoms with Crippen molar-refractivity contribution in [3.05, 3.63) is 83.2 Å². The van der Waals surface area contributed by atoms with Crippen molar-refractivity contribution < 1.29 is 52.5 Å². The Balaban J connectivity index is 1.64. The minimum atomic E-state index is -1.51. The molecule has 2 unspecified atom stereocenters. The number of methoxy groups -OCH3 is 1. The van der Waals surface area contributed by atoms with Crippen molar-refractivity contribution in [3.63, 3.8) is 0 Å². The molecule has 1 aliphatic rings. The first-order valence-electron chi connectivity index (χ1n) is 21.3. The number of ether oxygens (including phenoxy) is 5. The molecule has 1 heterocycles. The maximum Gasteiger partial charge on any atom is 0.412 e. The maximum absolute atomic E-state index is 14.2. The van der Waals surface area contributed by atoms with Crippen LogP contribution in [0.25, 0.3) is 17.2 Å². The van der Waals surface area contributed by atoms with Gasteiger partial charge < -0.3 is 39.6 Å². The molecule has 17 nitrogen and oxygen atoms in total. The largest absolute Gasteiger partial charge is 0.496 e. The predicted molar refractivity (Wildman–Crippen MR) is 240 cm³/mol. The van der Waals surface area contributed by atoms with Crippen molar-refractivity contribution in [2.24, 2.45) is 11.8 Å². The first kappa shape index (κ1) is 49.9. The van der Waals surface area contributed by atoms with Crippen LogP contribution < -0.4 is 26.0 Å². The van der Waals surface area contributed by atoms with E-state index in [0.29, 0.717) is 35.0 Å². The molecule has 2 aromatic carbocycles. The number of anilines is 1. The number of aromatic nitrogens is 1. The smallest absolute Gasteiger partial charge is 0.412 e. The first-order valence-corrected chi connectivity index (χ1v) is 21.3. The average Bonchev–Trinajstić information content (AvgIpc) is 4.08. The molecule has 1 aromatic heterocycles. The fourth-order valence-electron chi connectivity index (χ4n) is 6.17. The van der Waals surface area contributed by atoms with Crippen molar-refractivity contribution in [2.75, 3.05) is 25.6 Å². The summed E-state index contributed by atoms with van der Waals surface area (Å²) in [6.07, 6.45) is 4.13. The van der Waals surface area contributed by atoms with E-state index in [4.69, 9.17) is 29.1 Å².